The quantitative estimate of drug-likeness (QED) is 0.182. The first kappa shape index (κ1) is 35.3. The van der Waals surface area contributed by atoms with Crippen LogP contribution < -0.4 is 0 Å². The molecule has 53 heavy (non-hydrogen) atoms. The molecule has 6 aliphatic rings. The second-order valence-electron chi connectivity index (χ2n) is 16.5. The molecule has 4 saturated carbocycles. The fraction of sp³-hybridized carbons (Fsp3) is 0.489. The number of rotatable bonds is 8. The molecule has 10 rings (SSSR count). The van der Waals surface area contributed by atoms with Crippen LogP contribution in [0.15, 0.2) is 109 Å². The molecule has 0 unspecified atom stereocenters. The van der Waals surface area contributed by atoms with E-state index in [0.29, 0.717) is 33.0 Å². The maximum Gasteiger partial charge on any atom is 0.187 e. The Morgan fingerprint density at radius 3 is 1.66 bits per heavy atom. The molecule has 278 valence electrons. The van der Waals surface area contributed by atoms with Gasteiger partial charge in [-0.15, -0.1) is 0 Å². The van der Waals surface area contributed by atoms with Crippen molar-refractivity contribution in [3.63, 3.8) is 0 Å². The minimum absolute atomic E-state index is 0.189. The number of ether oxygens (including phenoxy) is 6. The molecular formula is C47H54O6. The van der Waals surface area contributed by atoms with Gasteiger partial charge >= 0.3 is 0 Å². The summed E-state index contributed by atoms with van der Waals surface area (Å²) in [6.45, 7) is 2.17. The van der Waals surface area contributed by atoms with Crippen LogP contribution in [0.4, 0.5) is 0 Å². The van der Waals surface area contributed by atoms with Gasteiger partial charge in [0.25, 0.3) is 0 Å². The van der Waals surface area contributed by atoms with Gasteiger partial charge in [0.1, 0.15) is 24.4 Å². The molecule has 4 aromatic rings. The lowest BCUT2D eigenvalue weighted by Gasteiger charge is -2.58. The number of aryl methyl sites for hydroxylation is 2. The molecule has 6 nitrogen and oxygen atoms in total. The highest BCUT2D eigenvalue weighted by Crippen LogP contribution is 2.58. The van der Waals surface area contributed by atoms with Gasteiger partial charge in [-0.2, -0.15) is 0 Å². The summed E-state index contributed by atoms with van der Waals surface area (Å²) in [6.07, 6.45) is 7.91. The zero-order valence-electron chi connectivity index (χ0n) is 30.9. The van der Waals surface area contributed by atoms with Crippen LogP contribution in [0.2, 0.25) is 0 Å². The van der Waals surface area contributed by atoms with Crippen molar-refractivity contribution in [3.8, 4) is 0 Å². The molecular weight excluding hydrogens is 661 g/mol. The van der Waals surface area contributed by atoms with Crippen LogP contribution in [0.1, 0.15) is 78.3 Å². The Hall–Kier alpha value is -3.36. The van der Waals surface area contributed by atoms with Crippen molar-refractivity contribution in [2.24, 2.45) is 17.8 Å². The molecule has 6 heteroatoms. The predicted octanol–water partition coefficient (Wildman–Crippen LogP) is 9.16. The van der Waals surface area contributed by atoms with E-state index in [1.54, 1.807) is 0 Å². The molecule has 5 fully saturated rings. The highest BCUT2D eigenvalue weighted by Gasteiger charge is 2.56. The van der Waals surface area contributed by atoms with E-state index in [1.165, 1.54) is 41.5 Å². The molecule has 2 aliphatic heterocycles. The summed E-state index contributed by atoms with van der Waals surface area (Å²) in [7, 11) is 0. The molecule has 0 amide bonds. The van der Waals surface area contributed by atoms with Gasteiger partial charge < -0.3 is 28.4 Å². The Balaban J connectivity index is 1.09. The van der Waals surface area contributed by atoms with E-state index in [1.807, 2.05) is 12.1 Å². The SMILES string of the molecule is c1ccc(CO[C@H]2[C@@H](OC34CC5CC(CC(C5)C3)C4)O[C@@H]3COCc4ccccc4CCCc4ccccc4CO[C@H]2[C@@H]3OCc2ccccc2)cc1. The van der Waals surface area contributed by atoms with E-state index >= 15 is 0 Å². The van der Waals surface area contributed by atoms with Gasteiger partial charge in [-0.25, -0.2) is 0 Å². The zero-order valence-corrected chi connectivity index (χ0v) is 30.9. The Bertz CT molecular complexity index is 1740. The Morgan fingerprint density at radius 2 is 1.08 bits per heavy atom. The number of benzene rings is 4. The van der Waals surface area contributed by atoms with Gasteiger partial charge in [0.2, 0.25) is 0 Å². The van der Waals surface area contributed by atoms with Crippen molar-refractivity contribution in [3.05, 3.63) is 143 Å². The Labute approximate surface area is 315 Å². The number of hydrogen-bond acceptors (Lipinski definition) is 6. The van der Waals surface area contributed by atoms with Crippen molar-refractivity contribution in [1.29, 1.82) is 0 Å². The molecule has 0 aromatic heterocycles. The Morgan fingerprint density at radius 1 is 0.566 bits per heavy atom. The van der Waals surface area contributed by atoms with Crippen molar-refractivity contribution in [2.75, 3.05) is 6.61 Å². The van der Waals surface area contributed by atoms with E-state index in [4.69, 9.17) is 28.4 Å². The lowest BCUT2D eigenvalue weighted by Crippen LogP contribution is -2.64. The summed E-state index contributed by atoms with van der Waals surface area (Å²) < 4.78 is 42.3. The van der Waals surface area contributed by atoms with Crippen molar-refractivity contribution >= 4 is 0 Å². The molecule has 5 atom stereocenters. The maximum absolute atomic E-state index is 7.42. The third-order valence-corrected chi connectivity index (χ3v) is 12.6. The van der Waals surface area contributed by atoms with Gasteiger partial charge in [-0.05, 0) is 109 Å². The van der Waals surface area contributed by atoms with Crippen LogP contribution in [0, 0.1) is 17.8 Å². The third-order valence-electron chi connectivity index (χ3n) is 12.6. The summed E-state index contributed by atoms with van der Waals surface area (Å²) in [5.41, 5.74) is 7.12. The number of hydrogen-bond donors (Lipinski definition) is 0. The van der Waals surface area contributed by atoms with Crippen LogP contribution in [-0.2, 0) is 67.7 Å². The van der Waals surface area contributed by atoms with Crippen LogP contribution >= 0.6 is 0 Å². The standard InChI is InChI=1S/C47H54O6/c1-3-12-33(13-4-1)28-49-43-42-32-48-30-40-18-9-7-16-38(40)20-11-21-39-17-8-10-19-41(39)31-51-44(43)45(50-29-34-14-5-2-6-15-34)46(52-42)53-47-25-35-22-36(26-47)24-37(23-35)27-47/h1-10,12-19,35-37,42-46H,11,20-32H2/t35?,36?,37?,42-,43-,44+,45-,46-,47?/m1/s1. The van der Waals surface area contributed by atoms with Gasteiger partial charge in [0.05, 0.1) is 38.6 Å². The minimum Gasteiger partial charge on any atom is -0.374 e. The largest absolute Gasteiger partial charge is 0.374 e. The van der Waals surface area contributed by atoms with E-state index in [-0.39, 0.29) is 5.60 Å². The van der Waals surface area contributed by atoms with Crippen LogP contribution in [0.25, 0.3) is 0 Å². The maximum atomic E-state index is 7.42. The van der Waals surface area contributed by atoms with Gasteiger partial charge in [0.15, 0.2) is 6.29 Å². The van der Waals surface area contributed by atoms with Crippen molar-refractivity contribution in [1.82, 2.24) is 0 Å². The van der Waals surface area contributed by atoms with Gasteiger partial charge in [-0.1, -0.05) is 109 Å². The molecule has 4 aliphatic carbocycles. The van der Waals surface area contributed by atoms with Crippen molar-refractivity contribution in [2.45, 2.75) is 121 Å². The highest BCUT2D eigenvalue weighted by atomic mass is 16.7. The van der Waals surface area contributed by atoms with E-state index < -0.39 is 30.7 Å². The highest BCUT2D eigenvalue weighted by molar-refractivity contribution is 5.29. The van der Waals surface area contributed by atoms with Crippen molar-refractivity contribution < 1.29 is 28.4 Å². The van der Waals surface area contributed by atoms with E-state index in [9.17, 15) is 0 Å². The smallest absolute Gasteiger partial charge is 0.187 e. The van der Waals surface area contributed by atoms with Gasteiger partial charge in [0, 0.05) is 0 Å². The average molecular weight is 715 g/mol. The topological polar surface area (TPSA) is 55.4 Å². The first-order chi connectivity index (χ1) is 26.2. The summed E-state index contributed by atoms with van der Waals surface area (Å²) in [5, 5.41) is 0. The van der Waals surface area contributed by atoms with Gasteiger partial charge in [-0.3, -0.25) is 0 Å². The van der Waals surface area contributed by atoms with Crippen LogP contribution in [0.3, 0.4) is 0 Å². The monoisotopic (exact) mass is 714 g/mol. The summed E-state index contributed by atoms with van der Waals surface area (Å²) in [5.74, 6) is 2.23. The third kappa shape index (κ3) is 8.19. The lowest BCUT2D eigenvalue weighted by molar-refractivity contribution is -0.360. The zero-order chi connectivity index (χ0) is 35.5. The molecule has 2 heterocycles. The molecule has 6 bridgehead atoms. The predicted molar refractivity (Wildman–Crippen MR) is 204 cm³/mol. The van der Waals surface area contributed by atoms with E-state index in [0.717, 1.165) is 67.4 Å². The van der Waals surface area contributed by atoms with Crippen LogP contribution in [-0.4, -0.2) is 42.9 Å². The molecule has 0 radical (unpaired) electrons. The summed E-state index contributed by atoms with van der Waals surface area (Å²) in [4.78, 5) is 0. The first-order valence-electron chi connectivity index (χ1n) is 20.1. The minimum atomic E-state index is -0.622. The molecule has 0 spiro atoms. The first-order valence-corrected chi connectivity index (χ1v) is 20.1. The summed E-state index contributed by atoms with van der Waals surface area (Å²) in [6, 6.07) is 38.2. The lowest BCUT2D eigenvalue weighted by atomic mass is 9.54. The molecule has 4 aromatic carbocycles. The average Bonchev–Trinajstić information content (AvgIpc) is 3.17. The van der Waals surface area contributed by atoms with E-state index in [2.05, 4.69) is 97.1 Å². The molecule has 1 saturated heterocycles. The summed E-state index contributed by atoms with van der Waals surface area (Å²) >= 11 is 0. The fourth-order valence-corrected chi connectivity index (χ4v) is 10.5. The molecule has 0 N–H and O–H groups in total. The fourth-order valence-electron chi connectivity index (χ4n) is 10.5. The van der Waals surface area contributed by atoms with Crippen LogP contribution in [0.5, 0.6) is 0 Å². The number of fused-ring (bicyclic) bond motifs is 4. The second kappa shape index (κ2) is 16.2. The Kier molecular flexibility index (Phi) is 10.8. The normalized spacial score (nSPS) is 32.6. The second-order valence-corrected chi connectivity index (χ2v) is 16.5.